The first kappa shape index (κ1) is 67.7. The number of aliphatic hydroxyl groups excluding tert-OH is 3. The third-order valence-corrected chi connectivity index (χ3v) is 13.0. The lowest BCUT2D eigenvalue weighted by molar-refractivity contribution is -0.144. The number of phenols is 1. The molecule has 1 aromatic heterocycles. The fraction of sp³-hybridized carbons (Fsp3) is 0.592. The number of carboxylic acids is 2. The summed E-state index contributed by atoms with van der Waals surface area (Å²) in [4.78, 5) is 153. The van der Waals surface area contributed by atoms with Crippen LogP contribution >= 0.6 is 11.8 Å². The van der Waals surface area contributed by atoms with Crippen molar-refractivity contribution in [3.8, 4) is 5.75 Å². The van der Waals surface area contributed by atoms with Gasteiger partial charge in [-0.05, 0) is 68.7 Å². The Morgan fingerprint density at radius 2 is 1.08 bits per heavy atom. The highest BCUT2D eigenvalue weighted by molar-refractivity contribution is 7.98. The molecular formula is C49H76N12O17S. The van der Waals surface area contributed by atoms with Gasteiger partial charge in [0.25, 0.3) is 0 Å². The molecule has 29 nitrogen and oxygen atoms in total. The third kappa shape index (κ3) is 22.5. The Balaban J connectivity index is 2.34. The number of amides is 9. The second-order valence-corrected chi connectivity index (χ2v) is 20.2. The smallest absolute Gasteiger partial charge is 0.326 e. The van der Waals surface area contributed by atoms with Gasteiger partial charge in [0.2, 0.25) is 53.2 Å². The second kappa shape index (κ2) is 33.1. The van der Waals surface area contributed by atoms with E-state index in [-0.39, 0.29) is 30.2 Å². The Morgan fingerprint density at radius 3 is 1.56 bits per heavy atom. The van der Waals surface area contributed by atoms with Crippen molar-refractivity contribution < 1.29 is 83.4 Å². The molecule has 440 valence electrons. The van der Waals surface area contributed by atoms with Gasteiger partial charge in [-0.2, -0.15) is 11.8 Å². The summed E-state index contributed by atoms with van der Waals surface area (Å²) in [6.07, 6.45) is -0.146. The van der Waals surface area contributed by atoms with Gasteiger partial charge in [-0.3, -0.25) is 47.9 Å². The Labute approximate surface area is 459 Å². The fourth-order valence-electron chi connectivity index (χ4n) is 7.32. The number of H-pyrrole nitrogens is 1. The number of aromatic hydroxyl groups is 1. The van der Waals surface area contributed by atoms with Crippen LogP contribution in [0.5, 0.6) is 5.75 Å². The molecule has 18 N–H and O–H groups in total. The lowest BCUT2D eigenvalue weighted by Gasteiger charge is -2.29. The summed E-state index contributed by atoms with van der Waals surface area (Å²) >= 11 is 1.39. The summed E-state index contributed by atoms with van der Waals surface area (Å²) in [5, 5.41) is 81.2. The summed E-state index contributed by atoms with van der Waals surface area (Å²) in [5.41, 5.74) is 6.80. The summed E-state index contributed by atoms with van der Waals surface area (Å²) < 4.78 is 0. The molecule has 1 aromatic carbocycles. The van der Waals surface area contributed by atoms with Crippen molar-refractivity contribution in [1.29, 1.82) is 0 Å². The molecule has 0 aliphatic heterocycles. The molecule has 0 spiro atoms. The molecule has 9 amide bonds. The van der Waals surface area contributed by atoms with Crippen LogP contribution in [0.25, 0.3) is 0 Å². The van der Waals surface area contributed by atoms with Crippen LogP contribution in [0.3, 0.4) is 0 Å². The van der Waals surface area contributed by atoms with Crippen molar-refractivity contribution in [3.63, 3.8) is 0 Å². The monoisotopic (exact) mass is 1140 g/mol. The number of imidazole rings is 1. The number of carbonyl (C=O) groups excluding carboxylic acids is 9. The Hall–Kier alpha value is -7.41. The topological polar surface area (TPSA) is 472 Å². The molecule has 30 heteroatoms. The molecule has 2 rings (SSSR count). The average molecular weight is 1140 g/mol. The van der Waals surface area contributed by atoms with Crippen LogP contribution in [0, 0.1) is 11.8 Å². The highest BCUT2D eigenvalue weighted by atomic mass is 32.2. The minimum atomic E-state index is -2.03. The van der Waals surface area contributed by atoms with Crippen molar-refractivity contribution in [2.45, 2.75) is 153 Å². The van der Waals surface area contributed by atoms with Gasteiger partial charge in [-0.15, -0.1) is 0 Å². The third-order valence-electron chi connectivity index (χ3n) is 12.4. The molecule has 13 atom stereocenters. The predicted octanol–water partition coefficient (Wildman–Crippen LogP) is -4.62. The molecule has 79 heavy (non-hydrogen) atoms. The number of aromatic nitrogens is 2. The Morgan fingerprint density at radius 1 is 0.608 bits per heavy atom. The number of nitrogens with two attached hydrogens (primary N) is 1. The fourth-order valence-corrected chi connectivity index (χ4v) is 7.79. The van der Waals surface area contributed by atoms with Crippen LogP contribution in [0.15, 0.2) is 36.8 Å². The Kier molecular flexibility index (Phi) is 28.4. The summed E-state index contributed by atoms with van der Waals surface area (Å²) in [5.74, 6) is -13.1. The first-order valence-electron chi connectivity index (χ1n) is 25.2. The maximum absolute atomic E-state index is 14.0. The highest BCUT2D eigenvalue weighted by Gasteiger charge is 2.38. The summed E-state index contributed by atoms with van der Waals surface area (Å²) in [7, 11) is 0. The van der Waals surface area contributed by atoms with Crippen LogP contribution in [-0.4, -0.2) is 197 Å². The highest BCUT2D eigenvalue weighted by Crippen LogP contribution is 2.14. The number of nitrogens with zero attached hydrogens (tertiary/aromatic N) is 1. The predicted molar refractivity (Wildman–Crippen MR) is 283 cm³/mol. The SMILES string of the molecule is CC[C@H](C)[C@H](N)C(=O)N[C@@H](CCSC)C(=O)N[C@@H](Cc1ccc(O)cc1)C(=O)N[C@@H](CO)C(=O)N[C@@H](C)C(=O)N[C@@H](Cc1cnc[nH]1)C(=O)N[C@@H](CC(=O)O)C(=O)N[C@H](C(=O)N[C@H](C(=O)N[C@H](C(=O)O)C(C)C)[C@@H](C)O)[C@@H](C)O. The van der Waals surface area contributed by atoms with Crippen LogP contribution in [0.2, 0.25) is 0 Å². The molecule has 0 fully saturated rings. The van der Waals surface area contributed by atoms with E-state index in [1.807, 2.05) is 6.92 Å². The maximum Gasteiger partial charge on any atom is 0.326 e. The van der Waals surface area contributed by atoms with Crippen LogP contribution in [-0.2, 0) is 65.6 Å². The quantitative estimate of drug-likeness (QED) is 0.0313. The average Bonchev–Trinajstić information content (AvgIpc) is 3.90. The van der Waals surface area contributed by atoms with Gasteiger partial charge in [-0.25, -0.2) is 9.78 Å². The minimum Gasteiger partial charge on any atom is -0.508 e. The van der Waals surface area contributed by atoms with E-state index in [0.29, 0.717) is 17.7 Å². The van der Waals surface area contributed by atoms with E-state index in [1.165, 1.54) is 69.3 Å². The number of phenolic OH excluding ortho intramolecular Hbond substituents is 1. The van der Waals surface area contributed by atoms with Gasteiger partial charge in [0.1, 0.15) is 60.1 Å². The molecular weight excluding hydrogens is 1060 g/mol. The van der Waals surface area contributed by atoms with Crippen LogP contribution in [0.4, 0.5) is 0 Å². The minimum absolute atomic E-state index is 0.0946. The molecule has 0 saturated carbocycles. The number of aliphatic carboxylic acids is 2. The standard InChI is InChI=1S/C49H76N12O17S/c1-9-23(4)36(50)46(74)54-30(14-15-79-8)41(69)56-31(16-27-10-12-29(65)13-11-27)42(70)58-34(20-62)45(73)53-24(5)40(68)55-32(17-28-19-51-21-52-28)43(71)57-33(18-35(66)67)44(72)60-38(25(6)63)48(76)61-39(26(7)64)47(75)59-37(22(2)3)49(77)78/h10-13,19,21-26,30-34,36-39,62-65H,9,14-18,20,50H2,1-8H3,(H,51,52)(H,53,73)(H,54,74)(H,55,68)(H,56,69)(H,57,71)(H,58,70)(H,59,75)(H,60,72)(H,61,76)(H,66,67)(H,77,78)/t23-,24-,25+,26+,30-,31-,32-,33-,34-,36-,37-,38-,39-/m0/s1. The van der Waals surface area contributed by atoms with E-state index in [0.717, 1.165) is 13.8 Å². The number of aromatic amines is 1. The van der Waals surface area contributed by atoms with E-state index < -0.39 is 163 Å². The lowest BCUT2D eigenvalue weighted by Crippen LogP contribution is -2.63. The molecule has 0 bridgehead atoms. The number of thioether (sulfide) groups is 1. The number of hydrogen-bond acceptors (Lipinski definition) is 18. The maximum atomic E-state index is 14.0. The van der Waals surface area contributed by atoms with Crippen molar-refractivity contribution in [2.24, 2.45) is 17.6 Å². The molecule has 2 aromatic rings. The largest absolute Gasteiger partial charge is 0.508 e. The zero-order chi connectivity index (χ0) is 59.8. The van der Waals surface area contributed by atoms with Crippen LogP contribution < -0.4 is 53.6 Å². The number of hydrogen-bond donors (Lipinski definition) is 17. The van der Waals surface area contributed by atoms with Crippen molar-refractivity contribution in [3.05, 3.63) is 48.0 Å². The van der Waals surface area contributed by atoms with Gasteiger partial charge in [-0.1, -0.05) is 46.2 Å². The molecule has 0 saturated heterocycles. The van der Waals surface area contributed by atoms with E-state index in [4.69, 9.17) is 5.73 Å². The van der Waals surface area contributed by atoms with Gasteiger partial charge >= 0.3 is 11.9 Å². The molecule has 0 aliphatic carbocycles. The van der Waals surface area contributed by atoms with E-state index in [2.05, 4.69) is 57.8 Å². The van der Waals surface area contributed by atoms with Crippen molar-refractivity contribution in [2.75, 3.05) is 18.6 Å². The Bertz CT molecular complexity index is 2390. The number of nitrogens with one attached hydrogen (secondary N) is 10. The number of carbonyl (C=O) groups is 11. The van der Waals surface area contributed by atoms with Crippen molar-refractivity contribution >= 4 is 76.9 Å². The number of rotatable bonds is 34. The first-order chi connectivity index (χ1) is 37.0. The van der Waals surface area contributed by atoms with E-state index in [1.54, 1.807) is 13.2 Å². The zero-order valence-corrected chi connectivity index (χ0v) is 45.9. The van der Waals surface area contributed by atoms with Gasteiger partial charge in [0.05, 0.1) is 37.6 Å². The van der Waals surface area contributed by atoms with Gasteiger partial charge in [0, 0.05) is 24.7 Å². The van der Waals surface area contributed by atoms with Crippen LogP contribution in [0.1, 0.15) is 79.0 Å². The lowest BCUT2D eigenvalue weighted by atomic mass is 9.99. The number of benzene rings is 1. The molecule has 0 radical (unpaired) electrons. The molecule has 0 unspecified atom stereocenters. The summed E-state index contributed by atoms with van der Waals surface area (Å²) in [6, 6.07) is -10.2. The number of aliphatic hydroxyl groups is 3. The second-order valence-electron chi connectivity index (χ2n) is 19.2. The van der Waals surface area contributed by atoms with E-state index >= 15 is 0 Å². The van der Waals surface area contributed by atoms with Crippen molar-refractivity contribution in [1.82, 2.24) is 57.8 Å². The van der Waals surface area contributed by atoms with Gasteiger partial charge < -0.3 is 89.2 Å². The van der Waals surface area contributed by atoms with Gasteiger partial charge in [0.15, 0.2) is 0 Å². The summed E-state index contributed by atoms with van der Waals surface area (Å²) in [6.45, 7) is 8.85. The zero-order valence-electron chi connectivity index (χ0n) is 45.1. The van der Waals surface area contributed by atoms with E-state index in [9.17, 15) is 83.4 Å². The molecule has 0 aliphatic rings. The number of carboxylic acid groups (broad SMARTS) is 2. The molecule has 1 heterocycles. The normalized spacial score (nSPS) is 16.2. The first-order valence-corrected chi connectivity index (χ1v) is 26.6.